The Morgan fingerprint density at radius 1 is 0.909 bits per heavy atom. The lowest BCUT2D eigenvalue weighted by Gasteiger charge is -2.32. The van der Waals surface area contributed by atoms with Crippen LogP contribution in [0.25, 0.3) is 21.9 Å². The molecule has 4 aromatic rings. The first-order chi connectivity index (χ1) is 16.0. The minimum atomic E-state index is -3.69. The van der Waals surface area contributed by atoms with Gasteiger partial charge in [0.25, 0.3) is 0 Å². The number of para-hydroxylation sites is 3. The SMILES string of the molecule is O=C(C1CCN(S(=O)(=O)c2cccc3cccnc23)CC1)N1CCn2c1nc1ccccc12. The van der Waals surface area contributed by atoms with Crippen molar-refractivity contribution in [1.29, 1.82) is 0 Å². The highest BCUT2D eigenvalue weighted by atomic mass is 32.2. The van der Waals surface area contributed by atoms with Crippen LogP contribution in [0.15, 0.2) is 65.7 Å². The fourth-order valence-corrected chi connectivity index (χ4v) is 6.62. The second kappa shape index (κ2) is 7.64. The number of imidazole rings is 1. The molecular formula is C24H23N5O3S. The zero-order chi connectivity index (χ0) is 22.6. The van der Waals surface area contributed by atoms with Gasteiger partial charge in [0.2, 0.25) is 21.9 Å². The normalized spacial score (nSPS) is 17.6. The molecule has 6 rings (SSSR count). The zero-order valence-electron chi connectivity index (χ0n) is 18.0. The summed E-state index contributed by atoms with van der Waals surface area (Å²) in [4.78, 5) is 24.3. The number of benzene rings is 2. The van der Waals surface area contributed by atoms with Crippen LogP contribution in [-0.4, -0.2) is 52.8 Å². The van der Waals surface area contributed by atoms with Crippen LogP contribution in [0.2, 0.25) is 0 Å². The van der Waals surface area contributed by atoms with Crippen molar-refractivity contribution >= 4 is 43.8 Å². The minimum absolute atomic E-state index is 0.0351. The number of hydrogen-bond acceptors (Lipinski definition) is 5. The number of aromatic nitrogens is 3. The van der Waals surface area contributed by atoms with Crippen molar-refractivity contribution in [2.45, 2.75) is 24.3 Å². The summed E-state index contributed by atoms with van der Waals surface area (Å²) in [7, 11) is -3.69. The Bertz CT molecular complexity index is 1480. The highest BCUT2D eigenvalue weighted by Gasteiger charge is 2.37. The number of amides is 1. The van der Waals surface area contributed by atoms with Crippen molar-refractivity contribution in [3.05, 3.63) is 60.8 Å². The van der Waals surface area contributed by atoms with Crippen molar-refractivity contribution in [2.24, 2.45) is 5.92 Å². The molecule has 168 valence electrons. The molecule has 2 aromatic carbocycles. The average molecular weight is 462 g/mol. The first kappa shape index (κ1) is 20.3. The molecule has 1 amide bonds. The third kappa shape index (κ3) is 3.22. The van der Waals surface area contributed by atoms with Crippen LogP contribution in [0.4, 0.5) is 5.95 Å². The van der Waals surface area contributed by atoms with Crippen LogP contribution in [0.1, 0.15) is 12.8 Å². The number of sulfonamides is 1. The van der Waals surface area contributed by atoms with E-state index >= 15 is 0 Å². The van der Waals surface area contributed by atoms with Gasteiger partial charge in [-0.2, -0.15) is 4.31 Å². The monoisotopic (exact) mass is 461 g/mol. The molecule has 0 saturated carbocycles. The summed E-state index contributed by atoms with van der Waals surface area (Å²) >= 11 is 0. The van der Waals surface area contributed by atoms with Crippen molar-refractivity contribution in [2.75, 3.05) is 24.5 Å². The Balaban J connectivity index is 1.20. The molecule has 0 radical (unpaired) electrons. The van der Waals surface area contributed by atoms with Crippen LogP contribution in [0.3, 0.4) is 0 Å². The fourth-order valence-electron chi connectivity index (χ4n) is 4.99. The quantitative estimate of drug-likeness (QED) is 0.468. The Kier molecular flexibility index (Phi) is 4.70. The molecule has 0 atom stereocenters. The molecule has 2 aromatic heterocycles. The van der Waals surface area contributed by atoms with Gasteiger partial charge in [-0.25, -0.2) is 13.4 Å². The Morgan fingerprint density at radius 2 is 1.70 bits per heavy atom. The number of rotatable bonds is 3. The van der Waals surface area contributed by atoms with E-state index in [1.54, 1.807) is 29.3 Å². The molecule has 1 fully saturated rings. The molecule has 9 heteroatoms. The zero-order valence-corrected chi connectivity index (χ0v) is 18.8. The predicted octanol–water partition coefficient (Wildman–Crippen LogP) is 3.03. The van der Waals surface area contributed by atoms with Crippen LogP contribution in [-0.2, 0) is 21.4 Å². The molecule has 0 bridgehead atoms. The van der Waals surface area contributed by atoms with Gasteiger partial charge in [0.1, 0.15) is 4.90 Å². The molecule has 0 unspecified atom stereocenters. The number of carbonyl (C=O) groups excluding carboxylic acids is 1. The standard InChI is InChI=1S/C24H23N5O3S/c30-23(29-16-15-28-20-8-2-1-7-19(20)26-24(28)29)18-10-13-27(14-11-18)33(31,32)21-9-3-5-17-6-4-12-25-22(17)21/h1-9,12,18H,10-11,13-16H2. The molecular weight excluding hydrogens is 438 g/mol. The maximum absolute atomic E-state index is 13.4. The van der Waals surface area contributed by atoms with E-state index in [-0.39, 0.29) is 16.7 Å². The molecule has 1 saturated heterocycles. The van der Waals surface area contributed by atoms with Crippen molar-refractivity contribution in [3.63, 3.8) is 0 Å². The van der Waals surface area contributed by atoms with E-state index < -0.39 is 10.0 Å². The second-order valence-electron chi connectivity index (χ2n) is 8.55. The van der Waals surface area contributed by atoms with Gasteiger partial charge in [0.15, 0.2) is 0 Å². The van der Waals surface area contributed by atoms with Gasteiger partial charge in [-0.1, -0.05) is 30.3 Å². The molecule has 2 aliphatic heterocycles. The van der Waals surface area contributed by atoms with Crippen LogP contribution >= 0.6 is 0 Å². The smallest absolute Gasteiger partial charge is 0.245 e. The van der Waals surface area contributed by atoms with Crippen LogP contribution < -0.4 is 4.90 Å². The van der Waals surface area contributed by atoms with Gasteiger partial charge < -0.3 is 4.57 Å². The van der Waals surface area contributed by atoms with E-state index in [4.69, 9.17) is 0 Å². The molecule has 0 aliphatic carbocycles. The summed E-state index contributed by atoms with van der Waals surface area (Å²) in [6, 6.07) is 16.7. The minimum Gasteiger partial charge on any atom is -0.308 e. The summed E-state index contributed by atoms with van der Waals surface area (Å²) in [6.45, 7) is 1.95. The van der Waals surface area contributed by atoms with E-state index in [1.165, 1.54) is 4.31 Å². The second-order valence-corrected chi connectivity index (χ2v) is 10.5. The van der Waals surface area contributed by atoms with Crippen LogP contribution in [0, 0.1) is 5.92 Å². The molecule has 0 N–H and O–H groups in total. The van der Waals surface area contributed by atoms with Crippen molar-refractivity contribution < 1.29 is 13.2 Å². The average Bonchev–Trinajstić information content (AvgIpc) is 3.43. The van der Waals surface area contributed by atoms with Gasteiger partial charge in [-0.05, 0) is 37.1 Å². The molecule has 2 aliphatic rings. The highest BCUT2D eigenvalue weighted by molar-refractivity contribution is 7.89. The van der Waals surface area contributed by atoms with E-state index in [0.29, 0.717) is 43.9 Å². The summed E-state index contributed by atoms with van der Waals surface area (Å²) in [5.41, 5.74) is 2.40. The van der Waals surface area contributed by atoms with Crippen LogP contribution in [0.5, 0.6) is 0 Å². The molecule has 33 heavy (non-hydrogen) atoms. The maximum atomic E-state index is 13.4. The predicted molar refractivity (Wildman–Crippen MR) is 125 cm³/mol. The number of piperidine rings is 1. The number of nitrogens with zero attached hydrogens (tertiary/aromatic N) is 5. The number of carbonyl (C=O) groups is 1. The van der Waals surface area contributed by atoms with Gasteiger partial charge in [-0.15, -0.1) is 0 Å². The summed E-state index contributed by atoms with van der Waals surface area (Å²) in [6.07, 6.45) is 2.59. The third-order valence-electron chi connectivity index (χ3n) is 6.71. The molecule has 8 nitrogen and oxygen atoms in total. The Hall–Kier alpha value is -3.30. The van der Waals surface area contributed by atoms with Gasteiger partial charge in [0, 0.05) is 43.7 Å². The van der Waals surface area contributed by atoms with Gasteiger partial charge in [0.05, 0.1) is 16.6 Å². The number of pyridine rings is 1. The summed E-state index contributed by atoms with van der Waals surface area (Å²) < 4.78 is 30.3. The van der Waals surface area contributed by atoms with E-state index in [0.717, 1.165) is 23.0 Å². The van der Waals surface area contributed by atoms with Crippen molar-refractivity contribution in [3.8, 4) is 0 Å². The topological polar surface area (TPSA) is 88.4 Å². The number of anilines is 1. The Morgan fingerprint density at radius 3 is 2.55 bits per heavy atom. The number of hydrogen-bond donors (Lipinski definition) is 0. The van der Waals surface area contributed by atoms with Gasteiger partial charge in [-0.3, -0.25) is 14.7 Å². The van der Waals surface area contributed by atoms with E-state index in [9.17, 15) is 13.2 Å². The Labute approximate surface area is 191 Å². The molecule has 0 spiro atoms. The summed E-state index contributed by atoms with van der Waals surface area (Å²) in [5, 5.41) is 0.792. The summed E-state index contributed by atoms with van der Waals surface area (Å²) in [5.74, 6) is 0.513. The third-order valence-corrected chi connectivity index (χ3v) is 8.64. The highest BCUT2D eigenvalue weighted by Crippen LogP contribution is 2.32. The lowest BCUT2D eigenvalue weighted by atomic mass is 9.96. The number of fused-ring (bicyclic) bond motifs is 4. The molecule has 4 heterocycles. The van der Waals surface area contributed by atoms with Crippen molar-refractivity contribution in [1.82, 2.24) is 18.8 Å². The van der Waals surface area contributed by atoms with Gasteiger partial charge >= 0.3 is 0 Å². The maximum Gasteiger partial charge on any atom is 0.245 e. The van der Waals surface area contributed by atoms with E-state index in [1.807, 2.05) is 36.4 Å². The first-order valence-electron chi connectivity index (χ1n) is 11.1. The first-order valence-corrected chi connectivity index (χ1v) is 12.6. The fraction of sp³-hybridized carbons (Fsp3) is 0.292. The largest absolute Gasteiger partial charge is 0.308 e. The lowest BCUT2D eigenvalue weighted by Crippen LogP contribution is -2.44. The lowest BCUT2D eigenvalue weighted by molar-refractivity contribution is -0.123. The van der Waals surface area contributed by atoms with E-state index in [2.05, 4.69) is 14.5 Å².